The van der Waals surface area contributed by atoms with Crippen molar-refractivity contribution in [3.05, 3.63) is 66.7 Å². The van der Waals surface area contributed by atoms with E-state index in [9.17, 15) is 22.8 Å². The van der Waals surface area contributed by atoms with Gasteiger partial charge in [-0.05, 0) is 36.9 Å². The zero-order valence-corrected chi connectivity index (χ0v) is 20.4. The molecule has 0 saturated carbocycles. The van der Waals surface area contributed by atoms with E-state index in [1.165, 1.54) is 0 Å². The molecule has 1 aliphatic heterocycles. The van der Waals surface area contributed by atoms with E-state index in [1.807, 2.05) is 47.0 Å². The highest BCUT2D eigenvalue weighted by molar-refractivity contribution is 6.43. The first-order chi connectivity index (χ1) is 18.0. The fourth-order valence-corrected chi connectivity index (χ4v) is 3.53. The van der Waals surface area contributed by atoms with Crippen molar-refractivity contribution in [1.29, 1.82) is 0 Å². The summed E-state index contributed by atoms with van der Waals surface area (Å²) in [7, 11) is 2.09. The quantitative estimate of drug-likeness (QED) is 0.426. The maximum atomic E-state index is 12.6. The molecule has 11 nitrogen and oxygen atoms in total. The molecular weight excluding hydrogens is 507 g/mol. The molecule has 0 spiro atoms. The summed E-state index contributed by atoms with van der Waals surface area (Å²) in [4.78, 5) is 38.5. The minimum atomic E-state index is -5.08. The lowest BCUT2D eigenvalue weighted by molar-refractivity contribution is -0.192. The largest absolute Gasteiger partial charge is 0.490 e. The number of para-hydroxylation sites is 2. The molecule has 3 N–H and O–H groups in total. The summed E-state index contributed by atoms with van der Waals surface area (Å²) in [5.74, 6) is -4.17. The van der Waals surface area contributed by atoms with E-state index in [4.69, 9.17) is 9.90 Å². The Labute approximate surface area is 215 Å². The summed E-state index contributed by atoms with van der Waals surface area (Å²) >= 11 is 0. The molecule has 3 aromatic rings. The molecule has 0 unspecified atom stereocenters. The summed E-state index contributed by atoms with van der Waals surface area (Å²) in [5, 5.41) is 20.1. The number of carbonyl (C=O) groups excluding carboxylic acids is 2. The SMILES string of the molecule is CN1CCN(c2ccccc2NC(=O)C(=O)Nc2cccc(Cn3cnnc3)c2)CC1.O=C(O)C(F)(F)F. The van der Waals surface area contributed by atoms with E-state index >= 15 is 0 Å². The molecule has 1 saturated heterocycles. The first-order valence-corrected chi connectivity index (χ1v) is 11.4. The van der Waals surface area contributed by atoms with Crippen LogP contribution in [0.25, 0.3) is 0 Å². The molecule has 0 radical (unpaired) electrons. The number of halogens is 3. The predicted octanol–water partition coefficient (Wildman–Crippen LogP) is 2.29. The lowest BCUT2D eigenvalue weighted by Crippen LogP contribution is -2.44. The highest BCUT2D eigenvalue weighted by atomic mass is 19.4. The molecule has 0 bridgehead atoms. The molecule has 38 heavy (non-hydrogen) atoms. The Kier molecular flexibility index (Phi) is 9.38. The number of carbonyl (C=O) groups is 3. The molecule has 2 heterocycles. The number of alkyl halides is 3. The lowest BCUT2D eigenvalue weighted by atomic mass is 10.2. The average molecular weight is 534 g/mol. The number of benzene rings is 2. The van der Waals surface area contributed by atoms with Crippen LogP contribution >= 0.6 is 0 Å². The molecular formula is C24H26F3N7O4. The van der Waals surface area contributed by atoms with E-state index in [0.29, 0.717) is 17.9 Å². The number of nitrogens with zero attached hydrogens (tertiary/aromatic N) is 5. The van der Waals surface area contributed by atoms with E-state index in [-0.39, 0.29) is 0 Å². The van der Waals surface area contributed by atoms with Gasteiger partial charge in [0, 0.05) is 31.9 Å². The van der Waals surface area contributed by atoms with Gasteiger partial charge in [0.1, 0.15) is 12.7 Å². The van der Waals surface area contributed by atoms with Gasteiger partial charge < -0.3 is 30.1 Å². The van der Waals surface area contributed by atoms with Gasteiger partial charge in [-0.2, -0.15) is 13.2 Å². The fourth-order valence-electron chi connectivity index (χ4n) is 3.53. The first kappa shape index (κ1) is 28.1. The molecule has 0 aliphatic carbocycles. The van der Waals surface area contributed by atoms with Gasteiger partial charge in [0.05, 0.1) is 17.9 Å². The molecule has 2 aromatic carbocycles. The monoisotopic (exact) mass is 533 g/mol. The van der Waals surface area contributed by atoms with Crippen molar-refractivity contribution >= 4 is 34.8 Å². The van der Waals surface area contributed by atoms with Crippen LogP contribution in [0.2, 0.25) is 0 Å². The van der Waals surface area contributed by atoms with Gasteiger partial charge in [-0.3, -0.25) is 9.59 Å². The zero-order chi connectivity index (χ0) is 27.7. The Morgan fingerprint density at radius 3 is 2.16 bits per heavy atom. The number of likely N-dealkylation sites (N-methyl/N-ethyl adjacent to an activating group) is 1. The Morgan fingerprint density at radius 1 is 0.921 bits per heavy atom. The Balaban J connectivity index is 0.000000505. The van der Waals surface area contributed by atoms with Crippen molar-refractivity contribution in [3.8, 4) is 0 Å². The number of aromatic nitrogens is 3. The Morgan fingerprint density at radius 2 is 1.53 bits per heavy atom. The number of aliphatic carboxylic acids is 1. The van der Waals surface area contributed by atoms with Crippen molar-refractivity contribution in [1.82, 2.24) is 19.7 Å². The van der Waals surface area contributed by atoms with Gasteiger partial charge in [-0.1, -0.05) is 24.3 Å². The first-order valence-electron chi connectivity index (χ1n) is 11.4. The molecule has 4 rings (SSSR count). The number of rotatable bonds is 5. The van der Waals surface area contributed by atoms with Crippen LogP contribution in [0, 0.1) is 0 Å². The summed E-state index contributed by atoms with van der Waals surface area (Å²) < 4.78 is 33.6. The summed E-state index contributed by atoms with van der Waals surface area (Å²) in [6.45, 7) is 4.22. The third kappa shape index (κ3) is 8.30. The maximum absolute atomic E-state index is 12.6. The van der Waals surface area contributed by atoms with E-state index in [0.717, 1.165) is 37.4 Å². The Bertz CT molecular complexity index is 1240. The van der Waals surface area contributed by atoms with Crippen molar-refractivity contribution in [2.24, 2.45) is 0 Å². The van der Waals surface area contributed by atoms with Crippen molar-refractivity contribution in [2.45, 2.75) is 12.7 Å². The smallest absolute Gasteiger partial charge is 0.475 e. The predicted molar refractivity (Wildman–Crippen MR) is 133 cm³/mol. The van der Waals surface area contributed by atoms with Crippen LogP contribution in [0.4, 0.5) is 30.2 Å². The number of hydrogen-bond donors (Lipinski definition) is 3. The van der Waals surface area contributed by atoms with Gasteiger partial charge in [0.15, 0.2) is 0 Å². The summed E-state index contributed by atoms with van der Waals surface area (Å²) in [6, 6.07) is 14.9. The van der Waals surface area contributed by atoms with Crippen LogP contribution < -0.4 is 15.5 Å². The van der Waals surface area contributed by atoms with Crippen LogP contribution in [0.15, 0.2) is 61.2 Å². The highest BCUT2D eigenvalue weighted by Crippen LogP contribution is 2.26. The third-order valence-electron chi connectivity index (χ3n) is 5.46. The van der Waals surface area contributed by atoms with Crippen LogP contribution in [0.3, 0.4) is 0 Å². The topological polar surface area (TPSA) is 133 Å². The summed E-state index contributed by atoms with van der Waals surface area (Å²) in [6.07, 6.45) is -1.84. The normalized spacial score (nSPS) is 13.7. The summed E-state index contributed by atoms with van der Waals surface area (Å²) in [5.41, 5.74) is 3.07. The lowest BCUT2D eigenvalue weighted by Gasteiger charge is -2.35. The van der Waals surface area contributed by atoms with Gasteiger partial charge >= 0.3 is 24.0 Å². The van der Waals surface area contributed by atoms with E-state index in [1.54, 1.807) is 18.7 Å². The molecule has 202 valence electrons. The second-order valence-electron chi connectivity index (χ2n) is 8.35. The van der Waals surface area contributed by atoms with Gasteiger partial charge in [-0.25, -0.2) is 4.79 Å². The molecule has 0 atom stereocenters. The van der Waals surface area contributed by atoms with Crippen molar-refractivity contribution < 1.29 is 32.7 Å². The minimum Gasteiger partial charge on any atom is -0.475 e. The molecule has 1 aromatic heterocycles. The maximum Gasteiger partial charge on any atom is 0.490 e. The zero-order valence-electron chi connectivity index (χ0n) is 20.4. The highest BCUT2D eigenvalue weighted by Gasteiger charge is 2.38. The number of carboxylic acid groups (broad SMARTS) is 1. The van der Waals surface area contributed by atoms with Gasteiger partial charge in [0.25, 0.3) is 0 Å². The van der Waals surface area contributed by atoms with Crippen LogP contribution in [0.5, 0.6) is 0 Å². The molecule has 1 aliphatic rings. The number of nitrogens with one attached hydrogen (secondary N) is 2. The number of hydrogen-bond acceptors (Lipinski definition) is 7. The standard InChI is InChI=1S/C22H25N7O2.C2HF3O2/c1-27-9-11-29(12-10-27)20-8-3-2-7-19(20)26-22(31)21(30)25-18-6-4-5-17(13-18)14-28-15-23-24-16-28;3-2(4,5)1(6)7/h2-8,13,15-16H,9-12,14H2,1H3,(H,25,30)(H,26,31);(H,6,7). The second kappa shape index (κ2) is 12.7. The fraction of sp³-hybridized carbons (Fsp3) is 0.292. The van der Waals surface area contributed by atoms with Crippen LogP contribution in [-0.4, -0.2) is 82.0 Å². The minimum absolute atomic E-state index is 0.554. The van der Waals surface area contributed by atoms with Crippen molar-refractivity contribution in [3.63, 3.8) is 0 Å². The van der Waals surface area contributed by atoms with Crippen LogP contribution in [-0.2, 0) is 20.9 Å². The van der Waals surface area contributed by atoms with Crippen molar-refractivity contribution in [2.75, 3.05) is 48.8 Å². The second-order valence-corrected chi connectivity index (χ2v) is 8.35. The van der Waals surface area contributed by atoms with E-state index in [2.05, 4.69) is 37.7 Å². The number of amides is 2. The van der Waals surface area contributed by atoms with Crippen LogP contribution in [0.1, 0.15) is 5.56 Å². The molecule has 14 heteroatoms. The molecule has 2 amide bonds. The van der Waals surface area contributed by atoms with Gasteiger partial charge in [0.2, 0.25) is 0 Å². The average Bonchev–Trinajstić information content (AvgIpc) is 3.38. The van der Waals surface area contributed by atoms with E-state index < -0.39 is 24.0 Å². The van der Waals surface area contributed by atoms with Gasteiger partial charge in [-0.15, -0.1) is 10.2 Å². The molecule has 1 fully saturated rings. The number of piperazine rings is 1. The Hall–Kier alpha value is -4.46. The third-order valence-corrected chi connectivity index (χ3v) is 5.46. The number of carboxylic acids is 1. The number of anilines is 3.